The van der Waals surface area contributed by atoms with Crippen molar-refractivity contribution in [1.82, 2.24) is 4.57 Å². The van der Waals surface area contributed by atoms with E-state index in [2.05, 4.69) is 5.32 Å². The molecule has 24 heavy (non-hydrogen) atoms. The number of halogens is 2. The van der Waals surface area contributed by atoms with Crippen molar-refractivity contribution < 1.29 is 9.59 Å². The van der Waals surface area contributed by atoms with Crippen LogP contribution in [0.3, 0.4) is 0 Å². The van der Waals surface area contributed by atoms with Gasteiger partial charge < -0.3 is 15.6 Å². The summed E-state index contributed by atoms with van der Waals surface area (Å²) < 4.78 is 1.47. The smallest absolute Gasteiger partial charge is 0.252 e. The van der Waals surface area contributed by atoms with Crippen LogP contribution < -0.4 is 16.5 Å². The van der Waals surface area contributed by atoms with Crippen LogP contribution in [0.2, 0.25) is 10.0 Å². The van der Waals surface area contributed by atoms with Gasteiger partial charge in [0.05, 0.1) is 17.1 Å². The minimum Gasteiger partial charge on any atom is -0.365 e. The fourth-order valence-electron chi connectivity index (χ4n) is 2.16. The number of benzene rings is 1. The molecule has 0 radical (unpaired) electrons. The SMILES string of the molecule is CCC(=O)Nc1ccc(Cl)cc1Cn1cc(Cl)cc(C(N)=O)c1=N. The lowest BCUT2D eigenvalue weighted by Crippen LogP contribution is -2.30. The number of anilines is 1. The van der Waals surface area contributed by atoms with Gasteiger partial charge in [-0.2, -0.15) is 0 Å². The molecule has 1 aromatic carbocycles. The van der Waals surface area contributed by atoms with Gasteiger partial charge in [0.2, 0.25) is 5.91 Å². The average molecular weight is 367 g/mol. The van der Waals surface area contributed by atoms with E-state index in [1.165, 1.54) is 16.8 Å². The molecule has 0 aliphatic carbocycles. The zero-order valence-corrected chi connectivity index (χ0v) is 14.4. The first-order valence-corrected chi connectivity index (χ1v) is 7.90. The van der Waals surface area contributed by atoms with E-state index < -0.39 is 5.91 Å². The summed E-state index contributed by atoms with van der Waals surface area (Å²) in [7, 11) is 0. The van der Waals surface area contributed by atoms with Gasteiger partial charge in [-0.1, -0.05) is 30.1 Å². The van der Waals surface area contributed by atoms with Crippen molar-refractivity contribution in [1.29, 1.82) is 5.41 Å². The number of aromatic nitrogens is 1. The zero-order chi connectivity index (χ0) is 17.9. The molecule has 0 saturated carbocycles. The Morgan fingerprint density at radius 3 is 2.58 bits per heavy atom. The molecule has 126 valence electrons. The maximum absolute atomic E-state index is 11.7. The normalized spacial score (nSPS) is 10.5. The molecule has 0 fully saturated rings. The summed E-state index contributed by atoms with van der Waals surface area (Å²) in [4.78, 5) is 23.1. The van der Waals surface area contributed by atoms with Crippen molar-refractivity contribution in [2.45, 2.75) is 19.9 Å². The van der Waals surface area contributed by atoms with E-state index in [1.54, 1.807) is 25.1 Å². The van der Waals surface area contributed by atoms with Crippen LogP contribution in [0.15, 0.2) is 30.5 Å². The van der Waals surface area contributed by atoms with Crippen molar-refractivity contribution in [3.05, 3.63) is 57.1 Å². The molecule has 1 heterocycles. The number of primary amides is 1. The molecular formula is C16H16Cl2N4O2. The molecule has 1 aromatic heterocycles. The van der Waals surface area contributed by atoms with E-state index in [9.17, 15) is 9.59 Å². The molecule has 2 aromatic rings. The van der Waals surface area contributed by atoms with Crippen molar-refractivity contribution in [3.63, 3.8) is 0 Å². The Morgan fingerprint density at radius 1 is 1.25 bits per heavy atom. The molecule has 0 spiro atoms. The fourth-order valence-corrected chi connectivity index (χ4v) is 2.58. The Bertz CT molecular complexity index is 862. The number of rotatable bonds is 5. The van der Waals surface area contributed by atoms with Crippen molar-refractivity contribution in [3.8, 4) is 0 Å². The second-order valence-corrected chi connectivity index (χ2v) is 5.99. The van der Waals surface area contributed by atoms with Crippen LogP contribution in [0.5, 0.6) is 0 Å². The Hall–Kier alpha value is -2.31. The molecule has 6 nitrogen and oxygen atoms in total. The molecule has 0 bridgehead atoms. The Labute approximate surface area is 148 Å². The third kappa shape index (κ3) is 4.15. The maximum atomic E-state index is 11.7. The Morgan fingerprint density at radius 2 is 1.96 bits per heavy atom. The molecule has 0 saturated heterocycles. The monoisotopic (exact) mass is 366 g/mol. The van der Waals surface area contributed by atoms with Crippen LogP contribution in [-0.2, 0) is 11.3 Å². The van der Waals surface area contributed by atoms with E-state index >= 15 is 0 Å². The van der Waals surface area contributed by atoms with Gasteiger partial charge in [0.1, 0.15) is 5.49 Å². The fraction of sp³-hybridized carbons (Fsp3) is 0.188. The van der Waals surface area contributed by atoms with Crippen LogP contribution in [-0.4, -0.2) is 16.4 Å². The number of hydrogen-bond donors (Lipinski definition) is 3. The Balaban J connectivity index is 2.48. The van der Waals surface area contributed by atoms with Gasteiger partial charge in [-0.3, -0.25) is 15.0 Å². The maximum Gasteiger partial charge on any atom is 0.252 e. The topological polar surface area (TPSA) is 101 Å². The lowest BCUT2D eigenvalue weighted by molar-refractivity contribution is -0.115. The summed E-state index contributed by atoms with van der Waals surface area (Å²) in [5.41, 5.74) is 6.49. The summed E-state index contributed by atoms with van der Waals surface area (Å²) in [5.74, 6) is -0.875. The van der Waals surface area contributed by atoms with Gasteiger partial charge in [-0.25, -0.2) is 0 Å². The molecule has 0 aliphatic heterocycles. The predicted molar refractivity (Wildman–Crippen MR) is 93.3 cm³/mol. The van der Waals surface area contributed by atoms with Crippen LogP contribution in [0.4, 0.5) is 5.69 Å². The van der Waals surface area contributed by atoms with Crippen LogP contribution >= 0.6 is 23.2 Å². The van der Waals surface area contributed by atoms with Gasteiger partial charge in [0, 0.05) is 23.3 Å². The second kappa shape index (κ2) is 7.51. The van der Waals surface area contributed by atoms with Gasteiger partial charge in [0.15, 0.2) is 0 Å². The molecule has 0 aliphatic rings. The second-order valence-electron chi connectivity index (χ2n) is 5.12. The highest BCUT2D eigenvalue weighted by atomic mass is 35.5. The molecular weight excluding hydrogens is 351 g/mol. The first-order valence-electron chi connectivity index (χ1n) is 7.14. The molecule has 2 amide bonds. The number of nitrogens with one attached hydrogen (secondary N) is 2. The first-order chi connectivity index (χ1) is 11.3. The minimum atomic E-state index is -0.734. The number of amides is 2. The van der Waals surface area contributed by atoms with E-state index in [0.29, 0.717) is 22.7 Å². The van der Waals surface area contributed by atoms with Gasteiger partial charge >= 0.3 is 0 Å². The molecule has 0 atom stereocenters. The van der Waals surface area contributed by atoms with E-state index in [-0.39, 0.29) is 28.5 Å². The van der Waals surface area contributed by atoms with Crippen molar-refractivity contribution in [2.75, 3.05) is 5.32 Å². The van der Waals surface area contributed by atoms with Crippen LogP contribution in [0, 0.1) is 5.41 Å². The highest BCUT2D eigenvalue weighted by Gasteiger charge is 2.12. The predicted octanol–water partition coefficient (Wildman–Crippen LogP) is 2.77. The number of nitrogens with two attached hydrogens (primary N) is 1. The van der Waals surface area contributed by atoms with Crippen LogP contribution in [0.25, 0.3) is 0 Å². The first kappa shape index (κ1) is 18.0. The summed E-state index contributed by atoms with van der Waals surface area (Å²) >= 11 is 12.0. The average Bonchev–Trinajstić information content (AvgIpc) is 2.52. The third-order valence-electron chi connectivity index (χ3n) is 3.37. The number of carbonyl (C=O) groups excluding carboxylic acids is 2. The highest BCUT2D eigenvalue weighted by molar-refractivity contribution is 6.31. The lowest BCUT2D eigenvalue weighted by atomic mass is 10.1. The quantitative estimate of drug-likeness (QED) is 0.757. The molecule has 4 N–H and O–H groups in total. The lowest BCUT2D eigenvalue weighted by Gasteiger charge is -2.14. The number of carbonyl (C=O) groups is 2. The van der Waals surface area contributed by atoms with Crippen molar-refractivity contribution in [2.24, 2.45) is 5.73 Å². The highest BCUT2D eigenvalue weighted by Crippen LogP contribution is 2.22. The van der Waals surface area contributed by atoms with E-state index in [4.69, 9.17) is 34.3 Å². The number of pyridine rings is 1. The summed E-state index contributed by atoms with van der Waals surface area (Å²) in [6, 6.07) is 6.38. The van der Waals surface area contributed by atoms with Gasteiger partial charge in [-0.15, -0.1) is 0 Å². The summed E-state index contributed by atoms with van der Waals surface area (Å²) in [6.07, 6.45) is 1.85. The standard InChI is InChI=1S/C16H16Cl2N4O2/c1-2-14(23)21-13-4-3-10(17)5-9(13)7-22-8-11(18)6-12(15(22)19)16(20)24/h3-6,8,19H,2,7H2,1H3,(H2,20,24)(H,21,23). The van der Waals surface area contributed by atoms with Gasteiger partial charge in [-0.05, 0) is 29.8 Å². The van der Waals surface area contributed by atoms with Crippen molar-refractivity contribution >= 4 is 40.7 Å². The summed E-state index contributed by atoms with van der Waals surface area (Å²) in [6.45, 7) is 1.94. The molecule has 8 heteroatoms. The Kier molecular flexibility index (Phi) is 5.64. The number of nitrogens with zero attached hydrogens (tertiary/aromatic N) is 1. The van der Waals surface area contributed by atoms with E-state index in [1.807, 2.05) is 0 Å². The minimum absolute atomic E-state index is 0.0173. The van der Waals surface area contributed by atoms with Crippen LogP contribution in [0.1, 0.15) is 29.3 Å². The number of hydrogen-bond acceptors (Lipinski definition) is 3. The van der Waals surface area contributed by atoms with E-state index in [0.717, 1.165) is 0 Å². The molecule has 2 rings (SSSR count). The molecule has 0 unspecified atom stereocenters. The van der Waals surface area contributed by atoms with Gasteiger partial charge in [0.25, 0.3) is 5.91 Å². The largest absolute Gasteiger partial charge is 0.365 e. The summed E-state index contributed by atoms with van der Waals surface area (Å²) in [5, 5.41) is 11.7. The zero-order valence-electron chi connectivity index (χ0n) is 12.9. The third-order valence-corrected chi connectivity index (χ3v) is 3.81.